The largest absolute Gasteiger partial charge is 0.465 e. The minimum Gasteiger partial charge on any atom is -0.465 e. The summed E-state index contributed by atoms with van der Waals surface area (Å²) in [6, 6.07) is 7.57. The molecule has 1 aromatic heterocycles. The van der Waals surface area contributed by atoms with Crippen molar-refractivity contribution in [3.8, 4) is 0 Å². The number of rotatable bonds is 5. The number of benzene rings is 1. The maximum absolute atomic E-state index is 11.5. The summed E-state index contributed by atoms with van der Waals surface area (Å²) in [5, 5.41) is 4.25. The Kier molecular flexibility index (Phi) is 4.22. The number of hydrogen-bond donors (Lipinski definition) is 1. The Morgan fingerprint density at radius 2 is 2.16 bits per heavy atom. The third-order valence-electron chi connectivity index (χ3n) is 3.13. The molecule has 2 aromatic rings. The van der Waals surface area contributed by atoms with Crippen molar-refractivity contribution < 1.29 is 13.9 Å². The molecule has 2 rings (SSSR count). The summed E-state index contributed by atoms with van der Waals surface area (Å²) < 4.78 is 10.6. The van der Waals surface area contributed by atoms with Crippen LogP contribution in [-0.4, -0.2) is 18.6 Å². The highest BCUT2D eigenvalue weighted by Crippen LogP contribution is 2.24. The van der Waals surface area contributed by atoms with E-state index in [1.807, 2.05) is 31.2 Å². The second kappa shape index (κ2) is 5.89. The van der Waals surface area contributed by atoms with E-state index in [0.29, 0.717) is 13.2 Å². The van der Waals surface area contributed by atoms with Crippen molar-refractivity contribution in [2.24, 2.45) is 0 Å². The lowest BCUT2D eigenvalue weighted by molar-refractivity contribution is -0.145. The van der Waals surface area contributed by atoms with Crippen LogP contribution in [0.25, 0.3) is 11.0 Å². The number of nitrogens with one attached hydrogen (secondary N) is 1. The van der Waals surface area contributed by atoms with Crippen LogP contribution < -0.4 is 5.32 Å². The summed E-state index contributed by atoms with van der Waals surface area (Å²) in [4.78, 5) is 11.5. The van der Waals surface area contributed by atoms with Gasteiger partial charge in [-0.05, 0) is 26.8 Å². The van der Waals surface area contributed by atoms with Gasteiger partial charge in [-0.2, -0.15) is 0 Å². The predicted octanol–water partition coefficient (Wildman–Crippen LogP) is 2.78. The van der Waals surface area contributed by atoms with Crippen LogP contribution in [0.1, 0.15) is 25.2 Å². The molecule has 0 aliphatic heterocycles. The normalized spacial score (nSPS) is 12.6. The molecule has 1 N–H and O–H groups in total. The first kappa shape index (κ1) is 13.6. The second-order valence-corrected chi connectivity index (χ2v) is 4.49. The van der Waals surface area contributed by atoms with E-state index < -0.39 is 0 Å². The van der Waals surface area contributed by atoms with Gasteiger partial charge in [0.2, 0.25) is 0 Å². The van der Waals surface area contributed by atoms with E-state index >= 15 is 0 Å². The molecule has 0 saturated heterocycles. The van der Waals surface area contributed by atoms with Gasteiger partial charge in [0, 0.05) is 17.5 Å². The van der Waals surface area contributed by atoms with Crippen LogP contribution in [0.5, 0.6) is 0 Å². The molecule has 0 aliphatic carbocycles. The molecular formula is C15H19NO3. The zero-order valence-electron chi connectivity index (χ0n) is 11.5. The first-order chi connectivity index (χ1) is 9.13. The van der Waals surface area contributed by atoms with E-state index in [-0.39, 0.29) is 12.0 Å². The zero-order chi connectivity index (χ0) is 13.8. The Hall–Kier alpha value is -1.81. The van der Waals surface area contributed by atoms with Crippen molar-refractivity contribution in [2.75, 3.05) is 6.61 Å². The molecule has 4 heteroatoms. The minimum absolute atomic E-state index is 0.229. The summed E-state index contributed by atoms with van der Waals surface area (Å²) >= 11 is 0. The Labute approximate surface area is 112 Å². The van der Waals surface area contributed by atoms with Crippen LogP contribution in [-0.2, 0) is 16.1 Å². The number of para-hydroxylation sites is 1. The van der Waals surface area contributed by atoms with Gasteiger partial charge in [0.25, 0.3) is 0 Å². The third kappa shape index (κ3) is 2.96. The first-order valence-electron chi connectivity index (χ1n) is 6.50. The number of furan rings is 1. The molecule has 1 unspecified atom stereocenters. The number of carbonyl (C=O) groups excluding carboxylic acids is 1. The molecule has 1 heterocycles. The molecule has 4 nitrogen and oxygen atoms in total. The van der Waals surface area contributed by atoms with Crippen LogP contribution in [0, 0.1) is 6.92 Å². The third-order valence-corrected chi connectivity index (χ3v) is 3.13. The summed E-state index contributed by atoms with van der Waals surface area (Å²) in [6.07, 6.45) is 0. The molecule has 0 saturated carbocycles. The smallest absolute Gasteiger partial charge is 0.322 e. The Balaban J connectivity index is 2.09. The average molecular weight is 261 g/mol. The number of aryl methyl sites for hydroxylation is 1. The summed E-state index contributed by atoms with van der Waals surface area (Å²) in [5.41, 5.74) is 1.97. The lowest BCUT2D eigenvalue weighted by atomic mass is 10.1. The molecule has 1 aromatic carbocycles. The fraction of sp³-hybridized carbons (Fsp3) is 0.400. The summed E-state index contributed by atoms with van der Waals surface area (Å²) in [6.45, 7) is 6.53. The zero-order valence-corrected chi connectivity index (χ0v) is 11.5. The molecular weight excluding hydrogens is 242 g/mol. The summed E-state index contributed by atoms with van der Waals surface area (Å²) in [5.74, 6) is 0.651. The van der Waals surface area contributed by atoms with Gasteiger partial charge in [0.05, 0.1) is 6.61 Å². The first-order valence-corrected chi connectivity index (χ1v) is 6.50. The standard InChI is InChI=1S/C15H19NO3/c1-4-18-15(17)10(2)16-9-13-11(3)19-14-8-6-5-7-12(13)14/h5-8,10,16H,4,9H2,1-3H3. The van der Waals surface area contributed by atoms with Crippen molar-refractivity contribution in [1.82, 2.24) is 5.32 Å². The van der Waals surface area contributed by atoms with Crippen molar-refractivity contribution in [2.45, 2.75) is 33.4 Å². The van der Waals surface area contributed by atoms with Crippen LogP contribution in [0.15, 0.2) is 28.7 Å². The SMILES string of the molecule is CCOC(=O)C(C)NCc1c(C)oc2ccccc12. The molecule has 0 fully saturated rings. The van der Waals surface area contributed by atoms with Crippen LogP contribution in [0.3, 0.4) is 0 Å². The van der Waals surface area contributed by atoms with E-state index in [1.165, 1.54) is 0 Å². The molecule has 0 aliphatic rings. The maximum Gasteiger partial charge on any atom is 0.322 e. The monoisotopic (exact) mass is 261 g/mol. The molecule has 102 valence electrons. The molecule has 0 bridgehead atoms. The fourth-order valence-corrected chi connectivity index (χ4v) is 2.05. The number of carbonyl (C=O) groups is 1. The van der Waals surface area contributed by atoms with E-state index in [9.17, 15) is 4.79 Å². The number of fused-ring (bicyclic) bond motifs is 1. The topological polar surface area (TPSA) is 51.5 Å². The van der Waals surface area contributed by atoms with Gasteiger partial charge in [-0.25, -0.2) is 0 Å². The minimum atomic E-state index is -0.326. The van der Waals surface area contributed by atoms with Crippen molar-refractivity contribution in [3.63, 3.8) is 0 Å². The van der Waals surface area contributed by atoms with Gasteiger partial charge >= 0.3 is 5.97 Å². The molecule has 0 spiro atoms. The maximum atomic E-state index is 11.5. The summed E-state index contributed by atoms with van der Waals surface area (Å²) in [7, 11) is 0. The number of esters is 1. The van der Waals surface area contributed by atoms with Crippen LogP contribution >= 0.6 is 0 Å². The van der Waals surface area contributed by atoms with Gasteiger partial charge < -0.3 is 14.5 Å². The molecule has 0 amide bonds. The van der Waals surface area contributed by atoms with Crippen molar-refractivity contribution in [3.05, 3.63) is 35.6 Å². The highest BCUT2D eigenvalue weighted by Gasteiger charge is 2.15. The van der Waals surface area contributed by atoms with Gasteiger partial charge in [-0.1, -0.05) is 18.2 Å². The molecule has 19 heavy (non-hydrogen) atoms. The van der Waals surface area contributed by atoms with Crippen molar-refractivity contribution >= 4 is 16.9 Å². The lowest BCUT2D eigenvalue weighted by Gasteiger charge is -2.12. The highest BCUT2D eigenvalue weighted by molar-refractivity contribution is 5.82. The van der Waals surface area contributed by atoms with E-state index in [4.69, 9.17) is 9.15 Å². The van der Waals surface area contributed by atoms with E-state index in [0.717, 1.165) is 22.3 Å². The van der Waals surface area contributed by atoms with E-state index in [2.05, 4.69) is 5.32 Å². The van der Waals surface area contributed by atoms with Crippen LogP contribution in [0.2, 0.25) is 0 Å². The number of ether oxygens (including phenoxy) is 1. The van der Waals surface area contributed by atoms with Crippen LogP contribution in [0.4, 0.5) is 0 Å². The number of hydrogen-bond acceptors (Lipinski definition) is 4. The van der Waals surface area contributed by atoms with Crippen molar-refractivity contribution in [1.29, 1.82) is 0 Å². The fourth-order valence-electron chi connectivity index (χ4n) is 2.05. The van der Waals surface area contributed by atoms with Gasteiger partial charge in [-0.3, -0.25) is 4.79 Å². The quantitative estimate of drug-likeness (QED) is 0.841. The Bertz CT molecular complexity index is 574. The highest BCUT2D eigenvalue weighted by atomic mass is 16.5. The van der Waals surface area contributed by atoms with Gasteiger partial charge in [0.1, 0.15) is 17.4 Å². The van der Waals surface area contributed by atoms with E-state index in [1.54, 1.807) is 13.8 Å². The molecule has 1 atom stereocenters. The van der Waals surface area contributed by atoms with Gasteiger partial charge in [-0.15, -0.1) is 0 Å². The Morgan fingerprint density at radius 3 is 2.89 bits per heavy atom. The average Bonchev–Trinajstić information content (AvgIpc) is 2.72. The Morgan fingerprint density at radius 1 is 1.42 bits per heavy atom. The van der Waals surface area contributed by atoms with Gasteiger partial charge in [0.15, 0.2) is 0 Å². The molecule has 0 radical (unpaired) electrons. The lowest BCUT2D eigenvalue weighted by Crippen LogP contribution is -2.34. The predicted molar refractivity (Wildman–Crippen MR) is 73.9 cm³/mol. The second-order valence-electron chi connectivity index (χ2n) is 4.49.